The lowest BCUT2D eigenvalue weighted by Crippen LogP contribution is -2.50. The van der Waals surface area contributed by atoms with Crippen LogP contribution >= 0.6 is 58.0 Å². The van der Waals surface area contributed by atoms with Crippen molar-refractivity contribution in [3.63, 3.8) is 0 Å². The van der Waals surface area contributed by atoms with Gasteiger partial charge in [0.05, 0.1) is 34.8 Å². The molecular weight excluding hydrogens is 1320 g/mol. The number of hydrogen-bond donors (Lipinski definition) is 5. The number of hydrogen-bond acceptors (Lipinski definition) is 20. The molecule has 0 spiro atoms. The van der Waals surface area contributed by atoms with E-state index in [9.17, 15) is 52.7 Å². The summed E-state index contributed by atoms with van der Waals surface area (Å²) in [6.07, 6.45) is 7.02. The van der Waals surface area contributed by atoms with Crippen molar-refractivity contribution in [1.29, 1.82) is 0 Å². The Bertz CT molecular complexity index is 3250. The highest BCUT2D eigenvalue weighted by Crippen LogP contribution is 2.34. The average Bonchev–Trinajstić information content (AvgIpc) is 1.51. The second kappa shape index (κ2) is 39.7. The van der Waals surface area contributed by atoms with Crippen LogP contribution in [0.2, 0.25) is 0 Å². The number of imide groups is 1. The lowest BCUT2D eigenvalue weighted by Gasteiger charge is -2.38. The third kappa shape index (κ3) is 24.1. The van der Waals surface area contributed by atoms with Gasteiger partial charge in [-0.2, -0.15) is 23.5 Å². The number of amides is 8. The van der Waals surface area contributed by atoms with Crippen molar-refractivity contribution in [3.8, 4) is 0 Å². The summed E-state index contributed by atoms with van der Waals surface area (Å²) in [5.41, 5.74) is 7.06. The Kier molecular flexibility index (Phi) is 32.3. The van der Waals surface area contributed by atoms with Crippen LogP contribution in [0.4, 0.5) is 10.5 Å². The summed E-state index contributed by atoms with van der Waals surface area (Å²) in [6, 6.07) is 13.9. The summed E-state index contributed by atoms with van der Waals surface area (Å²) in [7, 11) is 1.71. The summed E-state index contributed by atoms with van der Waals surface area (Å²) in [5.74, 6) is -3.14. The molecule has 4 aromatic rings. The number of Topliss-reactive ketones (excluding diaryl/α,β-unsaturated/α-hetero) is 3. The number of rotatable bonds is 41. The first-order valence-corrected chi connectivity index (χ1v) is 38.3. The minimum Gasteiger partial charge on any atom is -0.455 e. The maximum atomic E-state index is 14.9. The molecule has 0 bridgehead atoms. The van der Waals surface area contributed by atoms with Crippen LogP contribution < -0.4 is 27.0 Å². The predicted octanol–water partition coefficient (Wildman–Crippen LogP) is 9.56. The van der Waals surface area contributed by atoms with Gasteiger partial charge in [0.1, 0.15) is 10.7 Å². The number of ether oxygens (including phenoxy) is 1. The molecule has 2 aromatic heterocycles. The molecule has 27 heteroatoms. The Hall–Kier alpha value is -6.68. The van der Waals surface area contributed by atoms with E-state index in [0.717, 1.165) is 34.6 Å². The van der Waals surface area contributed by atoms with Crippen molar-refractivity contribution in [2.45, 2.75) is 178 Å². The molecular formula is C69H96N10O12S5. The van der Waals surface area contributed by atoms with E-state index in [1.165, 1.54) is 46.7 Å². The molecule has 22 nitrogen and oxygen atoms in total. The van der Waals surface area contributed by atoms with Crippen LogP contribution in [0.15, 0.2) is 76.4 Å². The number of carbonyl (C=O) groups is 11. The number of nitrogens with zero attached hydrogens (tertiary/aromatic N) is 5. The van der Waals surface area contributed by atoms with E-state index in [1.807, 2.05) is 96.1 Å². The summed E-state index contributed by atoms with van der Waals surface area (Å²) in [4.78, 5) is 162. The fourth-order valence-corrected chi connectivity index (χ4v) is 15.8. The summed E-state index contributed by atoms with van der Waals surface area (Å²) >= 11 is 6.94. The van der Waals surface area contributed by atoms with Gasteiger partial charge in [-0.05, 0) is 98.1 Å². The minimum absolute atomic E-state index is 0.0465. The van der Waals surface area contributed by atoms with Crippen LogP contribution in [-0.4, -0.2) is 170 Å². The third-order valence-electron chi connectivity index (χ3n) is 17.6. The van der Waals surface area contributed by atoms with Crippen LogP contribution in [0, 0.1) is 29.6 Å². The zero-order valence-electron chi connectivity index (χ0n) is 56.7. The van der Waals surface area contributed by atoms with Crippen molar-refractivity contribution in [3.05, 3.63) is 92.8 Å². The van der Waals surface area contributed by atoms with E-state index in [4.69, 9.17) is 10.5 Å². The topological polar surface area (TPSA) is 307 Å². The molecule has 8 amide bonds. The number of thiazole rings is 2. The van der Waals surface area contributed by atoms with Gasteiger partial charge in [0.15, 0.2) is 23.5 Å². The number of esters is 1. The van der Waals surface area contributed by atoms with Crippen molar-refractivity contribution < 1.29 is 57.5 Å². The number of carbonyl (C=O) groups excluding carboxylic acids is 11. The molecule has 6 N–H and O–H groups in total. The highest BCUT2D eigenvalue weighted by atomic mass is 32.2. The number of primary amides is 1. The highest BCUT2D eigenvalue weighted by Gasteiger charge is 2.41. The zero-order valence-corrected chi connectivity index (χ0v) is 60.8. The van der Waals surface area contributed by atoms with Gasteiger partial charge >= 0.3 is 12.0 Å². The van der Waals surface area contributed by atoms with E-state index in [0.29, 0.717) is 65.9 Å². The number of nitrogens with two attached hydrogens (primary N) is 1. The van der Waals surface area contributed by atoms with Crippen LogP contribution in [0.3, 0.4) is 0 Å². The van der Waals surface area contributed by atoms with Gasteiger partial charge in [0, 0.05) is 129 Å². The summed E-state index contributed by atoms with van der Waals surface area (Å²) < 4.78 is 5.89. The Balaban J connectivity index is 1.01. The van der Waals surface area contributed by atoms with E-state index in [-0.39, 0.29) is 134 Å². The van der Waals surface area contributed by atoms with E-state index >= 15 is 0 Å². The van der Waals surface area contributed by atoms with Crippen LogP contribution in [-0.2, 0) is 60.1 Å². The number of aromatic nitrogens is 2. The fraction of sp³-hybridized carbons (Fsp3) is 0.580. The lowest BCUT2D eigenvalue weighted by atomic mass is 9.82. The van der Waals surface area contributed by atoms with Gasteiger partial charge in [-0.15, -0.1) is 34.4 Å². The van der Waals surface area contributed by atoms with Crippen molar-refractivity contribution >= 4 is 128 Å². The van der Waals surface area contributed by atoms with E-state index in [1.54, 1.807) is 51.8 Å². The first kappa shape index (κ1) is 78.3. The standard InChI is InChI=1S/C69H96N10O12S5/c1-10-44(6)50(67(88)77(8)55(43(4)5)36-59(91-45(7)80)66-76-53(41-96-66)65(87)75-52(40-95-48-18-12-11-13-19-48)57(82)37-61-71-29-33-94-61)35-58(83)54-21-14-15-30-78(54)62(84)22-17-32-93-39-46-23-25-47(26-24-46)74-51(20-16-27-73-69(70)90)56(81)34-49(42(2)3)64(86)72-28-31-79-63(85)38-60(92-9)68(79)89/h11-13,18-19,23-26,29,33,41-44,49-52,54-55,59-60,74H,10,14-17,20-22,27-28,30-32,34-40H2,1-9H3,(H,72,86)(H,75,87)(H3,70,73,90)/t44-,49+,50?,51+,52-,54+,55+,59+,60?/m0/s1. The number of likely N-dealkylation sites (tertiary alicyclic amines) is 2. The predicted molar refractivity (Wildman–Crippen MR) is 379 cm³/mol. The Morgan fingerprint density at radius 1 is 0.865 bits per heavy atom. The molecule has 2 aromatic carbocycles. The molecule has 2 aliphatic heterocycles. The molecule has 524 valence electrons. The van der Waals surface area contributed by atoms with Gasteiger partial charge in [-0.3, -0.25) is 52.8 Å². The van der Waals surface area contributed by atoms with Crippen molar-refractivity contribution in [2.75, 3.05) is 56.3 Å². The summed E-state index contributed by atoms with van der Waals surface area (Å²) in [6.45, 7) is 13.7. The second-order valence-corrected chi connectivity index (χ2v) is 30.4. The van der Waals surface area contributed by atoms with Gasteiger partial charge in [-0.25, -0.2) is 14.8 Å². The number of urea groups is 1. The lowest BCUT2D eigenvalue weighted by molar-refractivity contribution is -0.150. The molecule has 2 unspecified atom stereocenters. The molecule has 9 atom stereocenters. The van der Waals surface area contributed by atoms with Crippen molar-refractivity contribution in [1.82, 2.24) is 40.6 Å². The molecule has 2 fully saturated rings. The summed E-state index contributed by atoms with van der Waals surface area (Å²) in [5, 5.41) is 15.6. The SMILES string of the molecule is CC[C@H](C)C(CC(=O)[C@H]1CCCCN1C(=O)CCCSCc1ccc(N[C@H](CCCNC(N)=O)C(=O)C[C@@H](C(=O)NCCN2C(=O)CC(SC)C2=O)C(C)C)cc1)C(=O)N(C)[C@H](C[C@@H](OC(C)=O)c1nc(C(=O)N[C@@H](CSc2ccccc2)C(=O)Cc2nccs2)cs1)C(C)C. The van der Waals surface area contributed by atoms with Crippen LogP contribution in [0.5, 0.6) is 0 Å². The maximum Gasteiger partial charge on any atom is 0.312 e. The van der Waals surface area contributed by atoms with Gasteiger partial charge in [0.2, 0.25) is 29.5 Å². The molecule has 2 saturated heterocycles. The molecule has 4 heterocycles. The second-order valence-electron chi connectivity index (χ2n) is 25.3. The number of nitrogens with one attached hydrogen (secondary N) is 4. The maximum absolute atomic E-state index is 14.9. The minimum atomic E-state index is -0.932. The number of anilines is 1. The third-order valence-corrected chi connectivity index (χ3v) is 22.5. The average molecular weight is 1420 g/mol. The first-order valence-electron chi connectivity index (χ1n) is 33.1. The molecule has 0 aliphatic carbocycles. The normalized spacial score (nSPS) is 17.0. The Morgan fingerprint density at radius 2 is 1.60 bits per heavy atom. The zero-order chi connectivity index (χ0) is 70.0. The molecule has 6 rings (SSSR count). The fourth-order valence-electron chi connectivity index (χ4n) is 11.8. The Labute approximate surface area is 585 Å². The Morgan fingerprint density at radius 3 is 2.25 bits per heavy atom. The highest BCUT2D eigenvalue weighted by molar-refractivity contribution is 8.00. The van der Waals surface area contributed by atoms with Crippen molar-refractivity contribution in [2.24, 2.45) is 35.3 Å². The van der Waals surface area contributed by atoms with Gasteiger partial charge < -0.3 is 41.5 Å². The number of piperidine rings is 1. The van der Waals surface area contributed by atoms with Crippen LogP contribution in [0.1, 0.15) is 158 Å². The largest absolute Gasteiger partial charge is 0.455 e. The molecule has 0 saturated carbocycles. The first-order chi connectivity index (χ1) is 45.9. The molecule has 2 aliphatic rings. The van der Waals surface area contributed by atoms with Gasteiger partial charge in [-0.1, -0.05) is 78.3 Å². The number of ketones is 3. The monoisotopic (exact) mass is 1420 g/mol. The number of benzene rings is 2. The quantitative estimate of drug-likeness (QED) is 0.0119. The van der Waals surface area contributed by atoms with E-state index < -0.39 is 65.3 Å². The smallest absolute Gasteiger partial charge is 0.312 e. The van der Waals surface area contributed by atoms with Gasteiger partial charge in [0.25, 0.3) is 5.91 Å². The van der Waals surface area contributed by atoms with Crippen LogP contribution in [0.25, 0.3) is 0 Å². The van der Waals surface area contributed by atoms with E-state index in [2.05, 4.69) is 31.2 Å². The molecule has 0 radical (unpaired) electrons. The molecule has 96 heavy (non-hydrogen) atoms. The number of thioether (sulfide) groups is 3.